The highest BCUT2D eigenvalue weighted by Gasteiger charge is 2.11. The Kier molecular flexibility index (Phi) is 4.42. The average Bonchev–Trinajstić information content (AvgIpc) is 3.08. The molecule has 0 N–H and O–H groups in total. The average molecular weight is 414 g/mol. The lowest BCUT2D eigenvalue weighted by molar-refractivity contribution is 0.559. The van der Waals surface area contributed by atoms with Crippen LogP contribution in [0.5, 0.6) is 0 Å². The number of benzene rings is 2. The molecule has 0 bridgehead atoms. The molecule has 0 aliphatic rings. The Bertz CT molecular complexity index is 1090. The van der Waals surface area contributed by atoms with Crippen molar-refractivity contribution in [2.24, 2.45) is 0 Å². The fourth-order valence-electron chi connectivity index (χ4n) is 2.55. The fraction of sp³-hybridized carbons (Fsp3) is 0.0556. The molecule has 0 amide bonds. The summed E-state index contributed by atoms with van der Waals surface area (Å²) in [6.07, 6.45) is 1.69. The van der Waals surface area contributed by atoms with Crippen LogP contribution >= 0.6 is 27.7 Å². The molecule has 4 aromatic rings. The van der Waals surface area contributed by atoms with Gasteiger partial charge in [-0.1, -0.05) is 45.9 Å². The first-order valence-corrected chi connectivity index (χ1v) is 9.29. The van der Waals surface area contributed by atoms with E-state index in [2.05, 4.69) is 26.1 Å². The van der Waals surface area contributed by atoms with Gasteiger partial charge in [-0.05, 0) is 35.9 Å². The quantitative estimate of drug-likeness (QED) is 0.365. The van der Waals surface area contributed by atoms with E-state index in [-0.39, 0.29) is 5.63 Å². The lowest BCUT2D eigenvalue weighted by Crippen LogP contribution is -2.00. The molecule has 0 saturated heterocycles. The summed E-state index contributed by atoms with van der Waals surface area (Å²) in [4.78, 5) is 11.8. The predicted octanol–water partition coefficient (Wildman–Crippen LogP) is 4.43. The topological polar surface area (TPSA) is 60.9 Å². The van der Waals surface area contributed by atoms with E-state index < -0.39 is 0 Å². The standard InChI is InChI=1S/C18H12BrN3O2S/c19-13-6-7-15-12(8-17(23)24-16(15)9-13)10-25-18-21-20-11-22(18)14-4-2-1-3-5-14/h1-9,11H,10H2. The van der Waals surface area contributed by atoms with E-state index >= 15 is 0 Å². The van der Waals surface area contributed by atoms with Gasteiger partial charge < -0.3 is 4.42 Å². The van der Waals surface area contributed by atoms with Crippen molar-refractivity contribution >= 4 is 38.7 Å². The molecule has 4 rings (SSSR count). The van der Waals surface area contributed by atoms with Crippen molar-refractivity contribution in [1.82, 2.24) is 14.8 Å². The lowest BCUT2D eigenvalue weighted by atomic mass is 10.1. The van der Waals surface area contributed by atoms with E-state index in [4.69, 9.17) is 4.42 Å². The number of hydrogen-bond acceptors (Lipinski definition) is 5. The van der Waals surface area contributed by atoms with Gasteiger partial charge in [-0.25, -0.2) is 4.79 Å². The van der Waals surface area contributed by atoms with Gasteiger partial charge >= 0.3 is 5.63 Å². The number of nitrogens with zero attached hydrogens (tertiary/aromatic N) is 3. The maximum absolute atomic E-state index is 11.8. The van der Waals surface area contributed by atoms with Crippen LogP contribution in [0.4, 0.5) is 0 Å². The van der Waals surface area contributed by atoms with Gasteiger partial charge in [0.15, 0.2) is 5.16 Å². The van der Waals surface area contributed by atoms with Crippen LogP contribution in [0, 0.1) is 0 Å². The Morgan fingerprint density at radius 2 is 1.96 bits per heavy atom. The molecule has 5 nitrogen and oxygen atoms in total. The van der Waals surface area contributed by atoms with E-state index in [0.717, 1.165) is 26.3 Å². The molecule has 2 heterocycles. The minimum Gasteiger partial charge on any atom is -0.423 e. The van der Waals surface area contributed by atoms with E-state index in [0.29, 0.717) is 11.3 Å². The van der Waals surface area contributed by atoms with Crippen LogP contribution in [-0.4, -0.2) is 14.8 Å². The molecule has 0 atom stereocenters. The van der Waals surface area contributed by atoms with Gasteiger partial charge in [0.25, 0.3) is 0 Å². The summed E-state index contributed by atoms with van der Waals surface area (Å²) in [5, 5.41) is 9.88. The highest BCUT2D eigenvalue weighted by molar-refractivity contribution is 9.10. The SMILES string of the molecule is O=c1cc(CSc2nncn2-c2ccccc2)c2ccc(Br)cc2o1. The second kappa shape index (κ2) is 6.85. The Balaban J connectivity index is 1.66. The first kappa shape index (κ1) is 16.1. The molecule has 7 heteroatoms. The molecule has 0 fully saturated rings. The largest absolute Gasteiger partial charge is 0.423 e. The van der Waals surface area contributed by atoms with E-state index in [1.54, 1.807) is 12.4 Å². The Morgan fingerprint density at radius 1 is 1.12 bits per heavy atom. The first-order valence-electron chi connectivity index (χ1n) is 7.51. The molecule has 124 valence electrons. The summed E-state index contributed by atoms with van der Waals surface area (Å²) in [5.74, 6) is 0.593. The van der Waals surface area contributed by atoms with Gasteiger partial charge in [-0.15, -0.1) is 10.2 Å². The number of para-hydroxylation sites is 1. The molecule has 0 radical (unpaired) electrons. The number of hydrogen-bond donors (Lipinski definition) is 0. The second-order valence-corrected chi connectivity index (χ2v) is 7.20. The van der Waals surface area contributed by atoms with Crippen LogP contribution in [0.1, 0.15) is 5.56 Å². The molecular formula is C18H12BrN3O2S. The van der Waals surface area contributed by atoms with Crippen molar-refractivity contribution in [2.45, 2.75) is 10.9 Å². The van der Waals surface area contributed by atoms with Crippen LogP contribution in [0.2, 0.25) is 0 Å². The zero-order chi connectivity index (χ0) is 17.2. The smallest absolute Gasteiger partial charge is 0.336 e. The van der Waals surface area contributed by atoms with Crippen molar-refractivity contribution in [2.75, 3.05) is 0 Å². The molecule has 0 spiro atoms. The highest BCUT2D eigenvalue weighted by atomic mass is 79.9. The van der Waals surface area contributed by atoms with E-state index in [1.807, 2.05) is 47.0 Å². The minimum atomic E-state index is -0.356. The predicted molar refractivity (Wildman–Crippen MR) is 101 cm³/mol. The summed E-state index contributed by atoms with van der Waals surface area (Å²) in [6.45, 7) is 0. The van der Waals surface area contributed by atoms with Gasteiger partial charge in [0.2, 0.25) is 0 Å². The van der Waals surface area contributed by atoms with E-state index in [9.17, 15) is 4.79 Å². The Labute approximate surface area is 155 Å². The van der Waals surface area contributed by atoms with Gasteiger partial charge in [0, 0.05) is 27.4 Å². The van der Waals surface area contributed by atoms with Crippen LogP contribution in [0.15, 0.2) is 79.8 Å². The Morgan fingerprint density at radius 3 is 2.80 bits per heavy atom. The molecule has 2 aromatic heterocycles. The van der Waals surface area contributed by atoms with Crippen molar-refractivity contribution in [3.05, 3.63) is 81.4 Å². The van der Waals surface area contributed by atoms with Gasteiger partial charge in [0.1, 0.15) is 11.9 Å². The lowest BCUT2D eigenvalue weighted by Gasteiger charge is -2.07. The van der Waals surface area contributed by atoms with Crippen LogP contribution < -0.4 is 5.63 Å². The van der Waals surface area contributed by atoms with Crippen molar-refractivity contribution in [3.63, 3.8) is 0 Å². The number of rotatable bonds is 4. The summed E-state index contributed by atoms with van der Waals surface area (Å²) in [6, 6.07) is 17.1. The van der Waals surface area contributed by atoms with Crippen LogP contribution in [0.25, 0.3) is 16.7 Å². The summed E-state index contributed by atoms with van der Waals surface area (Å²) in [7, 11) is 0. The zero-order valence-corrected chi connectivity index (χ0v) is 15.3. The molecule has 0 aliphatic carbocycles. The first-order chi connectivity index (χ1) is 12.2. The third kappa shape index (κ3) is 3.38. The number of thioether (sulfide) groups is 1. The minimum absolute atomic E-state index is 0.356. The van der Waals surface area contributed by atoms with Gasteiger partial charge in [-0.3, -0.25) is 4.57 Å². The second-order valence-electron chi connectivity index (χ2n) is 5.34. The van der Waals surface area contributed by atoms with Crippen molar-refractivity contribution in [1.29, 1.82) is 0 Å². The maximum Gasteiger partial charge on any atom is 0.336 e. The fourth-order valence-corrected chi connectivity index (χ4v) is 3.81. The number of fused-ring (bicyclic) bond motifs is 1. The van der Waals surface area contributed by atoms with Crippen molar-refractivity contribution in [3.8, 4) is 5.69 Å². The van der Waals surface area contributed by atoms with Crippen molar-refractivity contribution < 1.29 is 4.42 Å². The van der Waals surface area contributed by atoms with E-state index in [1.165, 1.54) is 17.8 Å². The van der Waals surface area contributed by atoms with Crippen LogP contribution in [-0.2, 0) is 5.75 Å². The monoisotopic (exact) mass is 413 g/mol. The number of halogens is 1. The highest BCUT2D eigenvalue weighted by Crippen LogP contribution is 2.28. The molecule has 25 heavy (non-hydrogen) atoms. The maximum atomic E-state index is 11.8. The Hall–Kier alpha value is -2.38. The zero-order valence-electron chi connectivity index (χ0n) is 12.9. The van der Waals surface area contributed by atoms with Gasteiger partial charge in [-0.2, -0.15) is 0 Å². The number of aromatic nitrogens is 3. The summed E-state index contributed by atoms with van der Waals surface area (Å²) in [5.41, 5.74) is 2.12. The third-order valence-corrected chi connectivity index (χ3v) is 5.18. The molecule has 0 unspecified atom stereocenters. The molecule has 2 aromatic carbocycles. The summed E-state index contributed by atoms with van der Waals surface area (Å²) < 4.78 is 8.08. The molecule has 0 saturated carbocycles. The van der Waals surface area contributed by atoms with Gasteiger partial charge in [0.05, 0.1) is 0 Å². The molecule has 0 aliphatic heterocycles. The third-order valence-electron chi connectivity index (χ3n) is 3.70. The normalized spacial score (nSPS) is 11.1. The molecular weight excluding hydrogens is 402 g/mol. The summed E-state index contributed by atoms with van der Waals surface area (Å²) >= 11 is 4.93. The van der Waals surface area contributed by atoms with Crippen LogP contribution in [0.3, 0.4) is 0 Å².